The molecule has 0 rings (SSSR count). The van der Waals surface area contributed by atoms with Crippen molar-refractivity contribution in [3.63, 3.8) is 0 Å². The maximum atomic E-state index is 0. The zero-order valence-corrected chi connectivity index (χ0v) is 19.1. The molecule has 0 saturated heterocycles. The Balaban J connectivity index is 0. The van der Waals surface area contributed by atoms with E-state index in [1.165, 1.54) is 0 Å². The van der Waals surface area contributed by atoms with Crippen molar-refractivity contribution in [3.8, 4) is 0 Å². The minimum Gasteiger partial charge on any atom is -1.00 e. The van der Waals surface area contributed by atoms with Gasteiger partial charge in [-0.2, -0.15) is 0 Å². The van der Waals surface area contributed by atoms with Crippen molar-refractivity contribution >= 4 is 0 Å². The van der Waals surface area contributed by atoms with E-state index >= 15 is 0 Å². The molecular weight excluding hydrogens is 154 g/mol. The fourth-order valence-corrected chi connectivity index (χ4v) is 0. The first-order valence-electron chi connectivity index (χ1n) is 0. The smallest absolute Gasteiger partial charge is 1.00 e. The fourth-order valence-electron chi connectivity index (χ4n) is 0. The quantitative estimate of drug-likeness (QED) is 0.309. The summed E-state index contributed by atoms with van der Waals surface area (Å²) in [5.41, 5.74) is 0. The zero-order valence-electron chi connectivity index (χ0n) is 12.0. The predicted molar refractivity (Wildman–Crippen MR) is 6.67 cm³/mol. The van der Waals surface area contributed by atoms with Gasteiger partial charge in [0.25, 0.3) is 0 Å². The average molecular weight is 160 g/mol. The topological polar surface area (TPSA) is 0 Å². The van der Waals surface area contributed by atoms with Crippen molar-refractivity contribution in [1.82, 2.24) is 0 Å². The van der Waals surface area contributed by atoms with Crippen molar-refractivity contribution in [1.29, 1.82) is 0 Å². The van der Waals surface area contributed by atoms with Crippen LogP contribution in [-0.4, -0.2) is 0 Å². The van der Waals surface area contributed by atoms with E-state index in [0.717, 1.165) is 0 Å². The second-order valence-corrected chi connectivity index (χ2v) is 0. The molecule has 6 heavy (non-hydrogen) atoms. The maximum absolute atomic E-state index is 0. The van der Waals surface area contributed by atoms with Gasteiger partial charge < -0.3 is 8.56 Å². The Morgan fingerprint density at radius 3 is 0.500 bits per heavy atom. The molecule has 0 heterocycles. The molecule has 0 radical (unpaired) electrons. The van der Waals surface area contributed by atoms with Gasteiger partial charge in [-0.15, -0.1) is 0 Å². The molecule has 0 bridgehead atoms. The summed E-state index contributed by atoms with van der Waals surface area (Å²) in [5.74, 6) is 0. The Bertz CT molecular complexity index is 15.9. The molecule has 0 nitrogen and oxygen atoms in total. The van der Waals surface area contributed by atoms with Gasteiger partial charge >= 0.3 is 199 Å². The van der Waals surface area contributed by atoms with E-state index in [9.17, 15) is 0 Å². The minimum absolute atomic E-state index is 0. The van der Waals surface area contributed by atoms with Crippen molar-refractivity contribution < 1.29 is 208 Å². The first-order valence-corrected chi connectivity index (χ1v) is 0. The van der Waals surface area contributed by atoms with E-state index in [0.29, 0.717) is 0 Å². The van der Waals surface area contributed by atoms with Gasteiger partial charge in [0.05, 0.1) is 0 Å². The van der Waals surface area contributed by atoms with Gasteiger partial charge in [-0.05, 0) is 0 Å². The molecule has 0 aromatic carbocycles. The summed E-state index contributed by atoms with van der Waals surface area (Å²) in [7, 11) is 0. The number of hydrogen-bond donors (Lipinski definition) is 0. The molecule has 0 amide bonds. The van der Waals surface area contributed by atoms with E-state index in [1.807, 2.05) is 0 Å². The van der Waals surface area contributed by atoms with Crippen LogP contribution < -0.4 is 199 Å². The maximum Gasteiger partial charge on any atom is 1.00 e. The number of rotatable bonds is 0. The summed E-state index contributed by atoms with van der Waals surface area (Å²) in [6.45, 7) is 0. The third kappa shape index (κ3) is 22.4. The monoisotopic (exact) mass is 160 g/mol. The van der Waals surface area contributed by atoms with E-state index in [1.54, 1.807) is 0 Å². The van der Waals surface area contributed by atoms with E-state index in [-0.39, 0.29) is 208 Å². The molecule has 0 spiro atoms. The van der Waals surface area contributed by atoms with Crippen LogP contribution >= 0.6 is 0 Å². The van der Waals surface area contributed by atoms with Gasteiger partial charge in [-0.25, -0.2) is 0 Å². The van der Waals surface area contributed by atoms with Gasteiger partial charge in [-0.1, -0.05) is 0 Å². The van der Waals surface area contributed by atoms with E-state index < -0.39 is 0 Å². The van der Waals surface area contributed by atoms with Crippen LogP contribution in [-0.2, 0) is 0 Å². The van der Waals surface area contributed by atoms with Crippen molar-refractivity contribution in [3.05, 3.63) is 0 Å². The van der Waals surface area contributed by atoms with Crippen molar-refractivity contribution in [2.24, 2.45) is 0 Å². The van der Waals surface area contributed by atoms with Crippen LogP contribution in [0.4, 0.5) is 0 Å². The summed E-state index contributed by atoms with van der Waals surface area (Å²) in [6, 6.07) is 0. The molecule has 0 aliphatic carbocycles. The molecule has 0 N–H and O–H groups in total. The molecule has 0 aromatic heterocycles. The SMILES string of the molecule is [H-].[H-].[H-].[H-].[H-].[H-].[K+].[Na+].[Na+].[Na+].[Na+].[Na+]. The van der Waals surface area contributed by atoms with Crippen LogP contribution in [0.2, 0.25) is 0 Å². The molecule has 6 heteroatoms. The second kappa shape index (κ2) is 29.9. The van der Waals surface area contributed by atoms with E-state index in [4.69, 9.17) is 0 Å². The molecule has 0 fully saturated rings. The molecule has 0 saturated carbocycles. The Morgan fingerprint density at radius 1 is 0.500 bits per heavy atom. The largest absolute Gasteiger partial charge is 1.00 e. The summed E-state index contributed by atoms with van der Waals surface area (Å²) in [4.78, 5) is 0. The Kier molecular flexibility index (Phi) is 194. The van der Waals surface area contributed by atoms with Crippen molar-refractivity contribution in [2.75, 3.05) is 0 Å². The number of hydrogen-bond acceptors (Lipinski definition) is 0. The van der Waals surface area contributed by atoms with Gasteiger partial charge in [0, 0.05) is 0 Å². The standard InChI is InChI=1S/K.5Na.6H/q6*+1;6*-1. The third-order valence-corrected chi connectivity index (χ3v) is 0. The molecule has 0 aromatic rings. The zero-order chi connectivity index (χ0) is 0. The van der Waals surface area contributed by atoms with Crippen LogP contribution in [0.5, 0.6) is 0 Å². The van der Waals surface area contributed by atoms with Crippen LogP contribution in [0, 0.1) is 0 Å². The molecular formula is H6KNa5. The van der Waals surface area contributed by atoms with Crippen molar-refractivity contribution in [2.45, 2.75) is 0 Å². The molecule has 0 aliphatic heterocycles. The van der Waals surface area contributed by atoms with Gasteiger partial charge in [0.15, 0.2) is 0 Å². The molecule has 12 valence electrons. The second-order valence-electron chi connectivity index (χ2n) is 0. The van der Waals surface area contributed by atoms with Crippen LogP contribution in [0.15, 0.2) is 0 Å². The normalized spacial score (nSPS) is 0. The first-order chi connectivity index (χ1) is 0. The van der Waals surface area contributed by atoms with Crippen LogP contribution in [0.3, 0.4) is 0 Å². The minimum atomic E-state index is 0. The third-order valence-electron chi connectivity index (χ3n) is 0. The van der Waals surface area contributed by atoms with Gasteiger partial charge in [0.1, 0.15) is 0 Å². The Hall–Kier alpha value is 6.64. The summed E-state index contributed by atoms with van der Waals surface area (Å²) >= 11 is 0. The van der Waals surface area contributed by atoms with Gasteiger partial charge in [-0.3, -0.25) is 0 Å². The molecule has 0 aliphatic rings. The predicted octanol–water partition coefficient (Wildman–Crippen LogP) is -17.3. The van der Waals surface area contributed by atoms with Gasteiger partial charge in [0.2, 0.25) is 0 Å². The first kappa shape index (κ1) is 38.9. The fraction of sp³-hybridized carbons (Fsp3) is 0. The van der Waals surface area contributed by atoms with Crippen LogP contribution in [0.1, 0.15) is 8.56 Å². The van der Waals surface area contributed by atoms with E-state index in [2.05, 4.69) is 0 Å². The van der Waals surface area contributed by atoms with Crippen LogP contribution in [0.25, 0.3) is 0 Å². The average Bonchev–Trinajstić information content (AvgIpc) is 0. The summed E-state index contributed by atoms with van der Waals surface area (Å²) < 4.78 is 0. The molecule has 0 atom stereocenters. The Labute approximate surface area is 201 Å². The molecule has 0 unspecified atom stereocenters. The summed E-state index contributed by atoms with van der Waals surface area (Å²) in [5, 5.41) is 0. The summed E-state index contributed by atoms with van der Waals surface area (Å²) in [6.07, 6.45) is 0. The Morgan fingerprint density at radius 2 is 0.500 bits per heavy atom.